The van der Waals surface area contributed by atoms with Gasteiger partial charge in [-0.2, -0.15) is 0 Å². The van der Waals surface area contributed by atoms with Crippen LogP contribution in [0.1, 0.15) is 25.5 Å². The number of rotatable bonds is 6. The Kier molecular flexibility index (Phi) is 5.82. The summed E-state index contributed by atoms with van der Waals surface area (Å²) in [5.41, 5.74) is 6.75. The van der Waals surface area contributed by atoms with E-state index in [1.54, 1.807) is 7.11 Å². The predicted molar refractivity (Wildman–Crippen MR) is 72.0 cm³/mol. The molecule has 0 aliphatic rings. The summed E-state index contributed by atoms with van der Waals surface area (Å²) in [5, 5.41) is 2.93. The van der Waals surface area contributed by atoms with E-state index in [4.69, 9.17) is 10.5 Å². The number of amides is 1. The molecule has 0 heterocycles. The van der Waals surface area contributed by atoms with Gasteiger partial charge in [0.2, 0.25) is 5.91 Å². The molecule has 2 atom stereocenters. The van der Waals surface area contributed by atoms with Crippen LogP contribution in [0, 0.1) is 5.92 Å². The van der Waals surface area contributed by atoms with Crippen molar-refractivity contribution in [1.82, 2.24) is 5.32 Å². The highest BCUT2D eigenvalue weighted by molar-refractivity contribution is 5.83. The van der Waals surface area contributed by atoms with Gasteiger partial charge in [-0.3, -0.25) is 4.79 Å². The number of ether oxygens (including phenoxy) is 1. The molecule has 0 aliphatic carbocycles. The summed E-state index contributed by atoms with van der Waals surface area (Å²) in [5.74, 6) is 0.133. The standard InChI is InChI=1S/C14H22N2O2/c1-10(2)12(9-18-3)16-14(17)13(15)11-7-5-4-6-8-11/h4-8,10,12-13H,9,15H2,1-3H3,(H,16,17)/t12?,13-/m1/s1. The van der Waals surface area contributed by atoms with E-state index >= 15 is 0 Å². The molecule has 100 valence electrons. The first-order chi connectivity index (χ1) is 8.56. The van der Waals surface area contributed by atoms with Crippen LogP contribution in [0.25, 0.3) is 0 Å². The zero-order chi connectivity index (χ0) is 13.5. The quantitative estimate of drug-likeness (QED) is 0.803. The fraction of sp³-hybridized carbons (Fsp3) is 0.500. The van der Waals surface area contributed by atoms with Gasteiger partial charge in [0.05, 0.1) is 12.6 Å². The summed E-state index contributed by atoms with van der Waals surface area (Å²) in [6.45, 7) is 4.57. The third kappa shape index (κ3) is 4.13. The minimum Gasteiger partial charge on any atom is -0.383 e. The molecule has 1 unspecified atom stereocenters. The summed E-state index contributed by atoms with van der Waals surface area (Å²) in [6, 6.07) is 8.70. The lowest BCUT2D eigenvalue weighted by Crippen LogP contribution is -2.45. The molecule has 0 spiro atoms. The van der Waals surface area contributed by atoms with Crippen molar-refractivity contribution < 1.29 is 9.53 Å². The van der Waals surface area contributed by atoms with Crippen molar-refractivity contribution in [2.45, 2.75) is 25.9 Å². The summed E-state index contributed by atoms with van der Waals surface area (Å²) < 4.78 is 5.10. The number of nitrogens with two attached hydrogens (primary N) is 1. The Hall–Kier alpha value is -1.39. The van der Waals surface area contributed by atoms with Gasteiger partial charge in [-0.25, -0.2) is 0 Å². The Balaban J connectivity index is 2.64. The molecular formula is C14H22N2O2. The van der Waals surface area contributed by atoms with E-state index in [2.05, 4.69) is 5.32 Å². The van der Waals surface area contributed by atoms with Crippen LogP contribution < -0.4 is 11.1 Å². The average Bonchev–Trinajstić information content (AvgIpc) is 2.38. The first-order valence-electron chi connectivity index (χ1n) is 6.16. The molecule has 0 aliphatic heterocycles. The van der Waals surface area contributed by atoms with Gasteiger partial charge in [-0.15, -0.1) is 0 Å². The first kappa shape index (κ1) is 14.7. The summed E-state index contributed by atoms with van der Waals surface area (Å²) in [4.78, 5) is 12.0. The topological polar surface area (TPSA) is 64.3 Å². The highest BCUT2D eigenvalue weighted by Crippen LogP contribution is 2.11. The van der Waals surface area contributed by atoms with Gasteiger partial charge in [0.25, 0.3) is 0 Å². The van der Waals surface area contributed by atoms with Crippen LogP contribution in [-0.4, -0.2) is 25.7 Å². The normalized spacial score (nSPS) is 14.3. The number of hydrogen-bond donors (Lipinski definition) is 2. The molecule has 18 heavy (non-hydrogen) atoms. The van der Waals surface area contributed by atoms with Gasteiger partial charge >= 0.3 is 0 Å². The van der Waals surface area contributed by atoms with Gasteiger partial charge in [-0.05, 0) is 11.5 Å². The zero-order valence-electron chi connectivity index (χ0n) is 11.2. The smallest absolute Gasteiger partial charge is 0.241 e. The van der Waals surface area contributed by atoms with Gasteiger partial charge in [0, 0.05) is 7.11 Å². The number of benzene rings is 1. The van der Waals surface area contributed by atoms with Gasteiger partial charge < -0.3 is 15.8 Å². The van der Waals surface area contributed by atoms with Crippen molar-refractivity contribution in [1.29, 1.82) is 0 Å². The number of nitrogens with one attached hydrogen (secondary N) is 1. The Bertz CT molecular complexity index is 365. The molecule has 0 fully saturated rings. The molecule has 0 aromatic heterocycles. The van der Waals surface area contributed by atoms with E-state index in [9.17, 15) is 4.79 Å². The Morgan fingerprint density at radius 2 is 1.94 bits per heavy atom. The van der Waals surface area contributed by atoms with Crippen molar-refractivity contribution in [2.24, 2.45) is 11.7 Å². The Labute approximate surface area is 109 Å². The third-order valence-corrected chi connectivity index (χ3v) is 2.92. The largest absolute Gasteiger partial charge is 0.383 e. The van der Waals surface area contributed by atoms with Crippen molar-refractivity contribution >= 4 is 5.91 Å². The lowest BCUT2D eigenvalue weighted by Gasteiger charge is -2.23. The fourth-order valence-corrected chi connectivity index (χ4v) is 1.66. The molecule has 1 amide bonds. The van der Waals surface area contributed by atoms with Crippen LogP contribution in [0.3, 0.4) is 0 Å². The predicted octanol–water partition coefficient (Wildman–Crippen LogP) is 1.47. The monoisotopic (exact) mass is 250 g/mol. The van der Waals surface area contributed by atoms with E-state index in [1.165, 1.54) is 0 Å². The van der Waals surface area contributed by atoms with E-state index in [-0.39, 0.29) is 11.9 Å². The van der Waals surface area contributed by atoms with Crippen molar-refractivity contribution in [3.8, 4) is 0 Å². The van der Waals surface area contributed by atoms with Crippen molar-refractivity contribution in [3.05, 3.63) is 35.9 Å². The number of carbonyl (C=O) groups is 1. The maximum Gasteiger partial charge on any atom is 0.241 e. The summed E-state index contributed by atoms with van der Waals surface area (Å²) in [6.07, 6.45) is 0. The Morgan fingerprint density at radius 3 is 2.44 bits per heavy atom. The second kappa shape index (κ2) is 7.13. The van der Waals surface area contributed by atoms with Crippen LogP contribution in [0.15, 0.2) is 30.3 Å². The lowest BCUT2D eigenvalue weighted by molar-refractivity contribution is -0.124. The van der Waals surface area contributed by atoms with Crippen LogP contribution in [-0.2, 0) is 9.53 Å². The number of carbonyl (C=O) groups excluding carboxylic acids is 1. The Morgan fingerprint density at radius 1 is 1.33 bits per heavy atom. The SMILES string of the molecule is COCC(NC(=O)[C@H](N)c1ccccc1)C(C)C. The fourth-order valence-electron chi connectivity index (χ4n) is 1.66. The van der Waals surface area contributed by atoms with E-state index in [0.29, 0.717) is 12.5 Å². The molecule has 0 saturated carbocycles. The third-order valence-electron chi connectivity index (χ3n) is 2.92. The maximum absolute atomic E-state index is 12.0. The second-order valence-corrected chi connectivity index (χ2v) is 4.70. The molecule has 0 saturated heterocycles. The second-order valence-electron chi connectivity index (χ2n) is 4.70. The van der Waals surface area contributed by atoms with E-state index < -0.39 is 6.04 Å². The van der Waals surface area contributed by atoms with Crippen LogP contribution in [0.4, 0.5) is 0 Å². The van der Waals surface area contributed by atoms with Crippen LogP contribution >= 0.6 is 0 Å². The molecule has 4 nitrogen and oxygen atoms in total. The van der Waals surface area contributed by atoms with E-state index in [1.807, 2.05) is 44.2 Å². The van der Waals surface area contributed by atoms with Gasteiger partial charge in [0.1, 0.15) is 6.04 Å². The lowest BCUT2D eigenvalue weighted by atomic mass is 10.0. The van der Waals surface area contributed by atoms with Crippen LogP contribution in [0.5, 0.6) is 0 Å². The number of hydrogen-bond acceptors (Lipinski definition) is 3. The minimum atomic E-state index is -0.635. The van der Waals surface area contributed by atoms with Gasteiger partial charge in [-0.1, -0.05) is 44.2 Å². The molecule has 0 bridgehead atoms. The average molecular weight is 250 g/mol. The highest BCUT2D eigenvalue weighted by atomic mass is 16.5. The summed E-state index contributed by atoms with van der Waals surface area (Å²) in [7, 11) is 1.62. The molecule has 0 radical (unpaired) electrons. The molecular weight excluding hydrogens is 228 g/mol. The molecule has 1 aromatic carbocycles. The zero-order valence-corrected chi connectivity index (χ0v) is 11.2. The van der Waals surface area contributed by atoms with Crippen molar-refractivity contribution in [3.63, 3.8) is 0 Å². The summed E-state index contributed by atoms with van der Waals surface area (Å²) >= 11 is 0. The molecule has 1 aromatic rings. The van der Waals surface area contributed by atoms with E-state index in [0.717, 1.165) is 5.56 Å². The first-order valence-corrected chi connectivity index (χ1v) is 6.16. The molecule has 1 rings (SSSR count). The van der Waals surface area contributed by atoms with Crippen molar-refractivity contribution in [2.75, 3.05) is 13.7 Å². The maximum atomic E-state index is 12.0. The molecule has 3 N–H and O–H groups in total. The minimum absolute atomic E-state index is 0.0164. The number of methoxy groups -OCH3 is 1. The van der Waals surface area contributed by atoms with Gasteiger partial charge in [0.15, 0.2) is 0 Å². The molecule has 4 heteroatoms. The van der Waals surface area contributed by atoms with Crippen LogP contribution in [0.2, 0.25) is 0 Å². The highest BCUT2D eigenvalue weighted by Gasteiger charge is 2.21.